The molecule has 0 amide bonds. The van der Waals surface area contributed by atoms with Gasteiger partial charge in [0.25, 0.3) is 0 Å². The molecule has 1 aromatic rings. The summed E-state index contributed by atoms with van der Waals surface area (Å²) in [6.45, 7) is 3.81. The maximum absolute atomic E-state index is 6.08. The zero-order valence-corrected chi connectivity index (χ0v) is 10.4. The second-order valence-electron chi connectivity index (χ2n) is 4.46. The fourth-order valence-electron chi connectivity index (χ4n) is 2.39. The summed E-state index contributed by atoms with van der Waals surface area (Å²) in [6, 6.07) is 8.01. The highest BCUT2D eigenvalue weighted by atomic mass is 16.5. The first-order valence-corrected chi connectivity index (χ1v) is 6.26. The second-order valence-corrected chi connectivity index (χ2v) is 4.46. The van der Waals surface area contributed by atoms with Crippen LogP contribution in [0.3, 0.4) is 0 Å². The van der Waals surface area contributed by atoms with Gasteiger partial charge >= 0.3 is 0 Å². The normalized spacial score (nSPS) is 24.3. The van der Waals surface area contributed by atoms with Gasteiger partial charge in [-0.1, -0.05) is 37.3 Å². The summed E-state index contributed by atoms with van der Waals surface area (Å²) < 4.78 is 11.6. The van der Waals surface area contributed by atoms with Crippen LogP contribution in [0, 0.1) is 0 Å². The third-order valence-corrected chi connectivity index (χ3v) is 3.36. The standard InChI is InChI=1S/C15H20O2/c1-3-12-8-4-5-9-13(12)17-15-11-7-6-10-14(15)16-2/h3-5,8-9,14-15H,1,6-7,10-11H2,2H3. The number of benzene rings is 1. The van der Waals surface area contributed by atoms with Gasteiger partial charge in [-0.15, -0.1) is 0 Å². The molecule has 2 rings (SSSR count). The number of ether oxygens (including phenoxy) is 2. The zero-order valence-electron chi connectivity index (χ0n) is 10.4. The van der Waals surface area contributed by atoms with E-state index in [-0.39, 0.29) is 12.2 Å². The van der Waals surface area contributed by atoms with E-state index in [9.17, 15) is 0 Å². The Balaban J connectivity index is 2.10. The summed E-state index contributed by atoms with van der Waals surface area (Å²) in [5.74, 6) is 0.913. The van der Waals surface area contributed by atoms with Crippen LogP contribution in [0.4, 0.5) is 0 Å². The summed E-state index contributed by atoms with van der Waals surface area (Å²) in [7, 11) is 1.77. The van der Waals surface area contributed by atoms with Gasteiger partial charge in [-0.2, -0.15) is 0 Å². The summed E-state index contributed by atoms with van der Waals surface area (Å²) in [5, 5.41) is 0. The largest absolute Gasteiger partial charge is 0.487 e. The van der Waals surface area contributed by atoms with Crippen molar-refractivity contribution in [3.63, 3.8) is 0 Å². The molecule has 0 heterocycles. The molecule has 0 bridgehead atoms. The quantitative estimate of drug-likeness (QED) is 0.788. The van der Waals surface area contributed by atoms with Gasteiger partial charge in [0.05, 0.1) is 6.10 Å². The van der Waals surface area contributed by atoms with E-state index in [2.05, 4.69) is 6.58 Å². The SMILES string of the molecule is C=Cc1ccccc1OC1CCCCC1OC. The van der Waals surface area contributed by atoms with Crippen molar-refractivity contribution in [3.8, 4) is 5.75 Å². The van der Waals surface area contributed by atoms with Crippen LogP contribution < -0.4 is 4.74 Å². The molecule has 1 aliphatic carbocycles. The molecule has 17 heavy (non-hydrogen) atoms. The van der Waals surface area contributed by atoms with Crippen LogP contribution in [-0.2, 0) is 4.74 Å². The van der Waals surface area contributed by atoms with Crippen molar-refractivity contribution in [1.29, 1.82) is 0 Å². The first-order chi connectivity index (χ1) is 8.35. The van der Waals surface area contributed by atoms with Crippen molar-refractivity contribution in [3.05, 3.63) is 36.4 Å². The van der Waals surface area contributed by atoms with E-state index < -0.39 is 0 Å². The summed E-state index contributed by atoms with van der Waals surface area (Å²) in [5.41, 5.74) is 1.05. The van der Waals surface area contributed by atoms with E-state index in [0.717, 1.165) is 24.2 Å². The fourth-order valence-corrected chi connectivity index (χ4v) is 2.39. The van der Waals surface area contributed by atoms with Crippen molar-refractivity contribution in [2.45, 2.75) is 37.9 Å². The molecular weight excluding hydrogens is 212 g/mol. The molecule has 2 heteroatoms. The van der Waals surface area contributed by atoms with Gasteiger partial charge in [-0.25, -0.2) is 0 Å². The van der Waals surface area contributed by atoms with E-state index in [1.54, 1.807) is 7.11 Å². The molecule has 1 fully saturated rings. The lowest BCUT2D eigenvalue weighted by atomic mass is 9.94. The highest BCUT2D eigenvalue weighted by Gasteiger charge is 2.26. The Morgan fingerprint density at radius 2 is 1.88 bits per heavy atom. The first kappa shape index (κ1) is 12.2. The van der Waals surface area contributed by atoms with Gasteiger partial charge in [-0.3, -0.25) is 0 Å². The monoisotopic (exact) mass is 232 g/mol. The van der Waals surface area contributed by atoms with Crippen LogP contribution in [0.5, 0.6) is 5.75 Å². The maximum atomic E-state index is 6.08. The molecule has 2 nitrogen and oxygen atoms in total. The lowest BCUT2D eigenvalue weighted by molar-refractivity contribution is -0.0230. The zero-order chi connectivity index (χ0) is 12.1. The Labute approximate surface area is 103 Å². The van der Waals surface area contributed by atoms with Crippen LogP contribution in [0.15, 0.2) is 30.8 Å². The minimum Gasteiger partial charge on any atom is -0.487 e. The molecule has 1 aliphatic rings. The average molecular weight is 232 g/mol. The highest BCUT2D eigenvalue weighted by molar-refractivity contribution is 5.55. The van der Waals surface area contributed by atoms with E-state index in [1.807, 2.05) is 30.3 Å². The Hall–Kier alpha value is -1.28. The molecule has 0 saturated heterocycles. The van der Waals surface area contributed by atoms with E-state index in [4.69, 9.17) is 9.47 Å². The Bertz CT molecular complexity index is 373. The molecule has 0 spiro atoms. The van der Waals surface area contributed by atoms with Crippen LogP contribution >= 0.6 is 0 Å². The van der Waals surface area contributed by atoms with Gasteiger partial charge in [0.1, 0.15) is 11.9 Å². The van der Waals surface area contributed by atoms with Crippen LogP contribution in [0.25, 0.3) is 6.08 Å². The number of hydrogen-bond acceptors (Lipinski definition) is 2. The smallest absolute Gasteiger partial charge is 0.127 e. The summed E-state index contributed by atoms with van der Waals surface area (Å²) >= 11 is 0. The Morgan fingerprint density at radius 3 is 2.59 bits per heavy atom. The second kappa shape index (κ2) is 5.87. The molecule has 0 aliphatic heterocycles. The van der Waals surface area contributed by atoms with Gasteiger partial charge in [0.2, 0.25) is 0 Å². The topological polar surface area (TPSA) is 18.5 Å². The Morgan fingerprint density at radius 1 is 1.18 bits per heavy atom. The molecule has 1 aromatic carbocycles. The van der Waals surface area contributed by atoms with Crippen LogP contribution in [0.2, 0.25) is 0 Å². The van der Waals surface area contributed by atoms with Gasteiger partial charge in [-0.05, 0) is 25.3 Å². The van der Waals surface area contributed by atoms with Gasteiger partial charge in [0.15, 0.2) is 0 Å². The summed E-state index contributed by atoms with van der Waals surface area (Å²) in [6.07, 6.45) is 6.86. The molecule has 0 radical (unpaired) electrons. The van der Waals surface area contributed by atoms with E-state index in [0.29, 0.717) is 0 Å². The third kappa shape index (κ3) is 2.89. The molecule has 1 saturated carbocycles. The minimum atomic E-state index is 0.176. The number of methoxy groups -OCH3 is 1. The van der Waals surface area contributed by atoms with Crippen molar-refractivity contribution < 1.29 is 9.47 Å². The van der Waals surface area contributed by atoms with E-state index >= 15 is 0 Å². The molecule has 0 aromatic heterocycles. The van der Waals surface area contributed by atoms with Crippen LogP contribution in [-0.4, -0.2) is 19.3 Å². The third-order valence-electron chi connectivity index (χ3n) is 3.36. The van der Waals surface area contributed by atoms with E-state index in [1.165, 1.54) is 12.8 Å². The van der Waals surface area contributed by atoms with Crippen molar-refractivity contribution in [2.24, 2.45) is 0 Å². The predicted molar refractivity (Wildman–Crippen MR) is 70.2 cm³/mol. The molecule has 2 unspecified atom stereocenters. The lowest BCUT2D eigenvalue weighted by Crippen LogP contribution is -2.36. The lowest BCUT2D eigenvalue weighted by Gasteiger charge is -2.31. The highest BCUT2D eigenvalue weighted by Crippen LogP contribution is 2.27. The van der Waals surface area contributed by atoms with Crippen molar-refractivity contribution in [1.82, 2.24) is 0 Å². The van der Waals surface area contributed by atoms with Crippen LogP contribution in [0.1, 0.15) is 31.2 Å². The summed E-state index contributed by atoms with van der Waals surface area (Å²) in [4.78, 5) is 0. The minimum absolute atomic E-state index is 0.176. The average Bonchev–Trinajstić information content (AvgIpc) is 2.40. The number of rotatable bonds is 4. The number of hydrogen-bond donors (Lipinski definition) is 0. The number of para-hydroxylation sites is 1. The molecule has 0 N–H and O–H groups in total. The Kier molecular flexibility index (Phi) is 4.21. The fraction of sp³-hybridized carbons (Fsp3) is 0.467. The maximum Gasteiger partial charge on any atom is 0.127 e. The molecule has 92 valence electrons. The van der Waals surface area contributed by atoms with Crippen molar-refractivity contribution in [2.75, 3.05) is 7.11 Å². The van der Waals surface area contributed by atoms with Crippen molar-refractivity contribution >= 4 is 6.08 Å². The van der Waals surface area contributed by atoms with Gasteiger partial charge < -0.3 is 9.47 Å². The molecular formula is C15H20O2. The molecule has 2 atom stereocenters. The first-order valence-electron chi connectivity index (χ1n) is 6.26. The van der Waals surface area contributed by atoms with Gasteiger partial charge in [0, 0.05) is 12.7 Å². The predicted octanol–water partition coefficient (Wildman–Crippen LogP) is 3.67.